The molecule has 0 bridgehead atoms. The summed E-state index contributed by atoms with van der Waals surface area (Å²) in [5, 5.41) is 15.1. The molecule has 0 aliphatic heterocycles. The molecule has 0 fully saturated rings. The minimum Gasteiger partial charge on any atom is -0.384 e. The van der Waals surface area contributed by atoms with Crippen molar-refractivity contribution >= 4 is 21.5 Å². The van der Waals surface area contributed by atoms with Crippen LogP contribution in [0.5, 0.6) is 0 Å². The molecule has 1 rings (SSSR count). The van der Waals surface area contributed by atoms with Crippen LogP contribution in [0.2, 0.25) is 0 Å². The quantitative estimate of drug-likeness (QED) is 0.621. The van der Waals surface area contributed by atoms with Crippen molar-refractivity contribution in [1.29, 1.82) is 0 Å². The Morgan fingerprint density at radius 1 is 1.60 bits per heavy atom. The lowest BCUT2D eigenvalue weighted by atomic mass is 10.2. The second-order valence-electron chi connectivity index (χ2n) is 2.58. The molecule has 0 aromatic carbocycles. The largest absolute Gasteiger partial charge is 0.384 e. The zero-order valence-corrected chi connectivity index (χ0v) is 9.36. The maximum atomic E-state index is 10.6. The Bertz CT molecular complexity index is 481. The molecule has 1 heterocycles. The first-order chi connectivity index (χ1) is 7.03. The van der Waals surface area contributed by atoms with Gasteiger partial charge in [0.05, 0.1) is 0 Å². The van der Waals surface area contributed by atoms with E-state index in [4.69, 9.17) is 10.2 Å². The van der Waals surface area contributed by atoms with Crippen molar-refractivity contribution in [2.75, 3.05) is 6.61 Å². The molecule has 0 spiro atoms. The molecule has 7 heteroatoms. The summed E-state index contributed by atoms with van der Waals surface area (Å²) in [5.41, 5.74) is 0.699. The summed E-state index contributed by atoms with van der Waals surface area (Å²) >= 11 is 1.37. The lowest BCUT2D eigenvalue weighted by Gasteiger charge is -1.99. The molecule has 1 aromatic rings. The highest BCUT2D eigenvalue weighted by Gasteiger charge is 2.05. The van der Waals surface area contributed by atoms with Crippen LogP contribution < -0.4 is 9.86 Å². The Labute approximate surface area is 92.1 Å². The van der Waals surface area contributed by atoms with Gasteiger partial charge in [0.2, 0.25) is 0 Å². The summed E-state index contributed by atoms with van der Waals surface area (Å²) in [4.78, 5) is 0.768. The summed E-state index contributed by atoms with van der Waals surface area (Å²) in [7, 11) is -3.68. The number of aliphatic hydroxyl groups is 1. The zero-order valence-electron chi connectivity index (χ0n) is 7.73. The van der Waals surface area contributed by atoms with Gasteiger partial charge in [0.25, 0.3) is 10.2 Å². The maximum Gasteiger partial charge on any atom is 0.274 e. The van der Waals surface area contributed by atoms with Crippen LogP contribution in [0.1, 0.15) is 10.4 Å². The normalized spacial score (nSPS) is 10.8. The Hall–Kier alpha value is -0.910. The highest BCUT2D eigenvalue weighted by Crippen LogP contribution is 2.15. The highest BCUT2D eigenvalue weighted by molar-refractivity contribution is 7.87. The Morgan fingerprint density at radius 3 is 2.93 bits per heavy atom. The lowest BCUT2D eigenvalue weighted by molar-refractivity contribution is 0.350. The van der Waals surface area contributed by atoms with Crippen LogP contribution in [0, 0.1) is 11.8 Å². The molecule has 0 radical (unpaired) electrons. The average Bonchev–Trinajstić information content (AvgIpc) is 2.57. The minimum atomic E-state index is -3.68. The number of hydrogen-bond acceptors (Lipinski definition) is 4. The molecule has 0 aliphatic rings. The van der Waals surface area contributed by atoms with Crippen LogP contribution in [0.4, 0.5) is 0 Å². The number of aliphatic hydroxyl groups excluding tert-OH is 1. The van der Waals surface area contributed by atoms with E-state index in [-0.39, 0.29) is 13.2 Å². The molecule has 0 saturated heterocycles. The van der Waals surface area contributed by atoms with E-state index in [0.29, 0.717) is 5.56 Å². The smallest absolute Gasteiger partial charge is 0.274 e. The van der Waals surface area contributed by atoms with Crippen LogP contribution in [0.15, 0.2) is 11.4 Å². The van der Waals surface area contributed by atoms with Crippen molar-refractivity contribution in [3.63, 3.8) is 0 Å². The van der Waals surface area contributed by atoms with Crippen molar-refractivity contribution < 1.29 is 13.5 Å². The Kier molecular flexibility index (Phi) is 4.26. The van der Waals surface area contributed by atoms with Crippen molar-refractivity contribution in [1.82, 2.24) is 4.72 Å². The maximum absolute atomic E-state index is 10.6. The summed E-state index contributed by atoms with van der Waals surface area (Å²) in [6.07, 6.45) is 0. The molecule has 1 aromatic heterocycles. The fourth-order valence-corrected chi connectivity index (χ4v) is 2.10. The van der Waals surface area contributed by atoms with Crippen molar-refractivity contribution in [3.05, 3.63) is 21.9 Å². The molecular formula is C8H10N2O3S2. The SMILES string of the molecule is NS(=O)(=O)NCc1sccc1C#CCO. The molecule has 82 valence electrons. The number of hydrogen-bond donors (Lipinski definition) is 3. The molecule has 0 unspecified atom stereocenters. The molecule has 0 aliphatic carbocycles. The van der Waals surface area contributed by atoms with Crippen molar-refractivity contribution in [2.45, 2.75) is 6.54 Å². The van der Waals surface area contributed by atoms with Crippen LogP contribution in [0.3, 0.4) is 0 Å². The fraction of sp³-hybridized carbons (Fsp3) is 0.250. The van der Waals surface area contributed by atoms with Gasteiger partial charge in [-0.3, -0.25) is 0 Å². The van der Waals surface area contributed by atoms with E-state index in [1.807, 2.05) is 0 Å². The average molecular weight is 246 g/mol. The third-order valence-electron chi connectivity index (χ3n) is 1.48. The summed E-state index contributed by atoms with van der Waals surface area (Å²) in [6, 6.07) is 1.76. The van der Waals surface area contributed by atoms with Gasteiger partial charge in [0.15, 0.2) is 0 Å². The van der Waals surface area contributed by atoms with Gasteiger partial charge in [-0.15, -0.1) is 11.3 Å². The van der Waals surface area contributed by atoms with E-state index in [2.05, 4.69) is 16.6 Å². The van der Waals surface area contributed by atoms with E-state index >= 15 is 0 Å². The third kappa shape index (κ3) is 4.42. The van der Waals surface area contributed by atoms with Gasteiger partial charge < -0.3 is 5.11 Å². The minimum absolute atomic E-state index is 0.117. The third-order valence-corrected chi connectivity index (χ3v) is 2.95. The van der Waals surface area contributed by atoms with Crippen LogP contribution in [-0.4, -0.2) is 20.1 Å². The van der Waals surface area contributed by atoms with Crippen LogP contribution >= 0.6 is 11.3 Å². The van der Waals surface area contributed by atoms with Gasteiger partial charge >= 0.3 is 0 Å². The topological polar surface area (TPSA) is 92.4 Å². The highest BCUT2D eigenvalue weighted by atomic mass is 32.2. The predicted molar refractivity (Wildman–Crippen MR) is 58.2 cm³/mol. The molecule has 0 atom stereocenters. The monoisotopic (exact) mass is 246 g/mol. The first-order valence-corrected chi connectivity index (χ1v) is 6.39. The van der Waals surface area contributed by atoms with Gasteiger partial charge in [0, 0.05) is 17.0 Å². The van der Waals surface area contributed by atoms with E-state index in [1.165, 1.54) is 11.3 Å². The van der Waals surface area contributed by atoms with E-state index in [0.717, 1.165) is 4.88 Å². The Morgan fingerprint density at radius 2 is 2.33 bits per heavy atom. The van der Waals surface area contributed by atoms with Crippen LogP contribution in [-0.2, 0) is 16.8 Å². The van der Waals surface area contributed by atoms with Gasteiger partial charge in [0.1, 0.15) is 6.61 Å². The van der Waals surface area contributed by atoms with E-state index in [1.54, 1.807) is 11.4 Å². The van der Waals surface area contributed by atoms with E-state index < -0.39 is 10.2 Å². The molecule has 0 saturated carbocycles. The molecule has 15 heavy (non-hydrogen) atoms. The van der Waals surface area contributed by atoms with Gasteiger partial charge in [-0.05, 0) is 11.4 Å². The first kappa shape index (κ1) is 12.2. The second-order valence-corrected chi connectivity index (χ2v) is 4.96. The zero-order chi connectivity index (χ0) is 11.3. The molecular weight excluding hydrogens is 236 g/mol. The summed E-state index contributed by atoms with van der Waals surface area (Å²) < 4.78 is 23.5. The second kappa shape index (κ2) is 5.25. The number of thiophene rings is 1. The molecule has 0 amide bonds. The number of nitrogens with one attached hydrogen (secondary N) is 1. The summed E-state index contributed by atoms with van der Waals surface area (Å²) in [5.74, 6) is 5.21. The lowest BCUT2D eigenvalue weighted by Crippen LogP contribution is -2.30. The van der Waals surface area contributed by atoms with Gasteiger partial charge in [-0.1, -0.05) is 11.8 Å². The van der Waals surface area contributed by atoms with Crippen LogP contribution in [0.25, 0.3) is 0 Å². The first-order valence-electron chi connectivity index (χ1n) is 3.96. The fourth-order valence-electron chi connectivity index (χ4n) is 0.890. The van der Waals surface area contributed by atoms with Crippen molar-refractivity contribution in [3.8, 4) is 11.8 Å². The van der Waals surface area contributed by atoms with Crippen molar-refractivity contribution in [2.24, 2.45) is 5.14 Å². The number of rotatable bonds is 3. The predicted octanol–water partition coefficient (Wildman–Crippen LogP) is -0.615. The van der Waals surface area contributed by atoms with Gasteiger partial charge in [-0.25, -0.2) is 5.14 Å². The van der Waals surface area contributed by atoms with Gasteiger partial charge in [-0.2, -0.15) is 13.1 Å². The summed E-state index contributed by atoms with van der Waals surface area (Å²) in [6.45, 7) is -0.107. The standard InChI is InChI=1S/C8H10N2O3S2/c9-15(12,13)10-6-8-7(2-1-4-11)3-5-14-8/h3,5,10-11H,4,6H2,(H2,9,12,13). The number of nitrogens with two attached hydrogens (primary N) is 1. The molecule has 4 N–H and O–H groups in total. The van der Waals surface area contributed by atoms with E-state index in [9.17, 15) is 8.42 Å². The molecule has 5 nitrogen and oxygen atoms in total. The Balaban J connectivity index is 2.74.